The van der Waals surface area contributed by atoms with Crippen LogP contribution in [0.2, 0.25) is 0 Å². The summed E-state index contributed by atoms with van der Waals surface area (Å²) in [6, 6.07) is 6.87. The van der Waals surface area contributed by atoms with Crippen molar-refractivity contribution >= 4 is 10.0 Å². The lowest BCUT2D eigenvalue weighted by Gasteiger charge is -2.18. The highest BCUT2D eigenvalue weighted by Gasteiger charge is 2.40. The lowest BCUT2D eigenvalue weighted by Crippen LogP contribution is -2.32. The third-order valence-corrected chi connectivity index (χ3v) is 4.96. The molecule has 0 bridgehead atoms. The van der Waals surface area contributed by atoms with Crippen LogP contribution in [0.1, 0.15) is 18.1 Å². The Morgan fingerprint density at radius 3 is 2.43 bits per heavy atom. The summed E-state index contributed by atoms with van der Waals surface area (Å²) in [5.74, 6) is -4.66. The highest BCUT2D eigenvalue weighted by Crippen LogP contribution is 2.27. The molecule has 0 aromatic heterocycles. The Morgan fingerprint density at radius 2 is 1.91 bits per heavy atom. The number of sulfonamides is 1. The lowest BCUT2D eigenvalue weighted by atomic mass is 10.1. The predicted molar refractivity (Wildman–Crippen MR) is 76.6 cm³/mol. The van der Waals surface area contributed by atoms with Crippen LogP contribution in [0.3, 0.4) is 0 Å². The molecule has 1 aromatic carbocycles. The summed E-state index contributed by atoms with van der Waals surface area (Å²) in [4.78, 5) is 0. The number of alkyl halides is 4. The van der Waals surface area contributed by atoms with Crippen LogP contribution in [0.15, 0.2) is 24.3 Å². The molecule has 0 saturated heterocycles. The topological polar surface area (TPSA) is 61.2 Å². The maximum Gasteiger partial charge on any atom is 0.311 e. The SMILES string of the molecule is CCN(CC#N)S(=O)(=O)Cc1cccc(CC(F)(F)C(F)F)c1. The first-order valence-corrected chi connectivity index (χ1v) is 8.32. The van der Waals surface area contributed by atoms with Crippen LogP contribution >= 0.6 is 0 Å². The Kier molecular flexibility index (Phi) is 6.53. The van der Waals surface area contributed by atoms with Gasteiger partial charge in [-0.05, 0) is 11.1 Å². The summed E-state index contributed by atoms with van der Waals surface area (Å²) >= 11 is 0. The molecule has 0 aliphatic heterocycles. The second kappa shape index (κ2) is 7.75. The highest BCUT2D eigenvalue weighted by molar-refractivity contribution is 7.88. The Balaban J connectivity index is 2.96. The quantitative estimate of drug-likeness (QED) is 0.534. The van der Waals surface area contributed by atoms with E-state index in [1.165, 1.54) is 18.2 Å². The lowest BCUT2D eigenvalue weighted by molar-refractivity contribution is -0.127. The average Bonchev–Trinajstić information content (AvgIpc) is 2.43. The van der Waals surface area contributed by atoms with Crippen LogP contribution in [0.25, 0.3) is 0 Å². The molecule has 0 unspecified atom stereocenters. The number of nitrogens with zero attached hydrogens (tertiary/aromatic N) is 2. The van der Waals surface area contributed by atoms with E-state index in [-0.39, 0.29) is 24.2 Å². The van der Waals surface area contributed by atoms with Crippen molar-refractivity contribution in [3.63, 3.8) is 0 Å². The molecule has 4 nitrogen and oxygen atoms in total. The molecule has 0 spiro atoms. The largest absolute Gasteiger partial charge is 0.311 e. The van der Waals surface area contributed by atoms with E-state index >= 15 is 0 Å². The Labute approximate surface area is 132 Å². The zero-order valence-electron chi connectivity index (χ0n) is 12.3. The molecule has 0 aliphatic rings. The van der Waals surface area contributed by atoms with Crippen molar-refractivity contribution < 1.29 is 26.0 Å². The fourth-order valence-electron chi connectivity index (χ4n) is 1.97. The molecule has 1 aromatic rings. The second-order valence-corrected chi connectivity index (χ2v) is 6.87. The van der Waals surface area contributed by atoms with Gasteiger partial charge in [-0.25, -0.2) is 17.2 Å². The summed E-state index contributed by atoms with van der Waals surface area (Å²) in [6.45, 7) is 1.34. The van der Waals surface area contributed by atoms with E-state index < -0.39 is 34.5 Å². The Morgan fingerprint density at radius 1 is 1.30 bits per heavy atom. The highest BCUT2D eigenvalue weighted by atomic mass is 32.2. The van der Waals surface area contributed by atoms with Crippen LogP contribution < -0.4 is 0 Å². The van der Waals surface area contributed by atoms with E-state index in [4.69, 9.17) is 5.26 Å². The van der Waals surface area contributed by atoms with Gasteiger partial charge in [0.25, 0.3) is 0 Å². The zero-order chi connectivity index (χ0) is 17.7. The van der Waals surface area contributed by atoms with Gasteiger partial charge in [0.2, 0.25) is 10.0 Å². The van der Waals surface area contributed by atoms with Gasteiger partial charge in [-0.15, -0.1) is 0 Å². The Hall–Kier alpha value is -1.66. The van der Waals surface area contributed by atoms with Crippen molar-refractivity contribution in [2.24, 2.45) is 0 Å². The molecule has 0 heterocycles. The van der Waals surface area contributed by atoms with Gasteiger partial charge in [-0.3, -0.25) is 0 Å². The molecular formula is C14H16F4N2O2S. The summed E-state index contributed by atoms with van der Waals surface area (Å²) in [5, 5.41) is 8.61. The molecule has 0 atom stereocenters. The average molecular weight is 352 g/mol. The maximum atomic E-state index is 13.1. The number of benzene rings is 1. The zero-order valence-corrected chi connectivity index (χ0v) is 13.2. The van der Waals surface area contributed by atoms with Crippen LogP contribution in [-0.2, 0) is 22.2 Å². The summed E-state index contributed by atoms with van der Waals surface area (Å²) in [7, 11) is -3.79. The van der Waals surface area contributed by atoms with Gasteiger partial charge < -0.3 is 0 Å². The third-order valence-electron chi connectivity index (χ3n) is 3.09. The van der Waals surface area contributed by atoms with Crippen molar-refractivity contribution in [2.45, 2.75) is 31.4 Å². The van der Waals surface area contributed by atoms with Crippen LogP contribution in [0, 0.1) is 11.3 Å². The monoisotopic (exact) mass is 352 g/mol. The van der Waals surface area contributed by atoms with Crippen molar-refractivity contribution in [3.05, 3.63) is 35.4 Å². The van der Waals surface area contributed by atoms with Gasteiger partial charge in [0.1, 0.15) is 6.54 Å². The molecule has 0 saturated carbocycles. The molecule has 1 rings (SSSR count). The molecule has 128 valence electrons. The summed E-state index contributed by atoms with van der Waals surface area (Å²) in [6.07, 6.45) is -4.96. The van der Waals surface area contributed by atoms with E-state index in [1.807, 2.05) is 0 Å². The number of hydrogen-bond acceptors (Lipinski definition) is 3. The first-order chi connectivity index (χ1) is 10.6. The standard InChI is InChI=1S/C14H16F4N2O2S/c1-2-20(7-6-19)23(21,22)10-12-5-3-4-11(8-12)9-14(17,18)13(15)16/h3-5,8,13H,2,7,9-10H2,1H3. The smallest absolute Gasteiger partial charge is 0.212 e. The van der Waals surface area contributed by atoms with Gasteiger partial charge in [-0.1, -0.05) is 31.2 Å². The molecule has 23 heavy (non-hydrogen) atoms. The van der Waals surface area contributed by atoms with Crippen molar-refractivity contribution in [1.82, 2.24) is 4.31 Å². The van der Waals surface area contributed by atoms with Crippen molar-refractivity contribution in [3.8, 4) is 6.07 Å². The fraction of sp³-hybridized carbons (Fsp3) is 0.500. The third kappa shape index (κ3) is 5.48. The summed E-state index contributed by atoms with van der Waals surface area (Å²) in [5.41, 5.74) is 0.121. The van der Waals surface area contributed by atoms with Crippen LogP contribution in [-0.4, -0.2) is 38.2 Å². The first kappa shape index (κ1) is 19.4. The van der Waals surface area contributed by atoms with E-state index in [9.17, 15) is 26.0 Å². The molecule has 0 N–H and O–H groups in total. The predicted octanol–water partition coefficient (Wildman–Crippen LogP) is 2.80. The van der Waals surface area contributed by atoms with Gasteiger partial charge in [0.05, 0.1) is 11.8 Å². The fourth-order valence-corrected chi connectivity index (χ4v) is 3.40. The molecule has 0 amide bonds. The van der Waals surface area contributed by atoms with E-state index in [1.54, 1.807) is 13.0 Å². The number of hydrogen-bond donors (Lipinski definition) is 0. The van der Waals surface area contributed by atoms with Gasteiger partial charge >= 0.3 is 12.3 Å². The van der Waals surface area contributed by atoms with E-state index in [0.29, 0.717) is 0 Å². The first-order valence-electron chi connectivity index (χ1n) is 6.71. The summed E-state index contributed by atoms with van der Waals surface area (Å²) < 4.78 is 75.8. The Bertz CT molecular complexity index is 672. The number of nitriles is 1. The number of halogens is 4. The molecular weight excluding hydrogens is 336 g/mol. The minimum absolute atomic E-state index is 0.0775. The van der Waals surface area contributed by atoms with Gasteiger partial charge in [0.15, 0.2) is 0 Å². The van der Waals surface area contributed by atoms with Crippen LogP contribution in [0.5, 0.6) is 0 Å². The van der Waals surface area contributed by atoms with Crippen molar-refractivity contribution in [1.29, 1.82) is 5.26 Å². The number of rotatable bonds is 8. The second-order valence-electron chi connectivity index (χ2n) is 4.90. The van der Waals surface area contributed by atoms with E-state index in [2.05, 4.69) is 0 Å². The normalized spacial score (nSPS) is 12.6. The minimum atomic E-state index is -4.17. The van der Waals surface area contributed by atoms with Gasteiger partial charge in [0, 0.05) is 13.0 Å². The van der Waals surface area contributed by atoms with Crippen LogP contribution in [0.4, 0.5) is 17.6 Å². The maximum absolute atomic E-state index is 13.1. The molecule has 0 radical (unpaired) electrons. The van der Waals surface area contributed by atoms with Crippen molar-refractivity contribution in [2.75, 3.05) is 13.1 Å². The van der Waals surface area contributed by atoms with E-state index in [0.717, 1.165) is 10.4 Å². The minimum Gasteiger partial charge on any atom is -0.212 e. The molecule has 0 fully saturated rings. The molecule has 9 heteroatoms. The van der Waals surface area contributed by atoms with Gasteiger partial charge in [-0.2, -0.15) is 18.3 Å². The molecule has 0 aliphatic carbocycles.